The predicted molar refractivity (Wildman–Crippen MR) is 170 cm³/mol. The molecule has 1 aliphatic rings. The number of urea groups is 1. The highest BCUT2D eigenvalue weighted by Gasteiger charge is 2.41. The van der Waals surface area contributed by atoms with Gasteiger partial charge in [-0.15, -0.1) is 11.8 Å². The van der Waals surface area contributed by atoms with E-state index in [0.717, 1.165) is 33.1 Å². The number of thioether (sulfide) groups is 1. The quantitative estimate of drug-likeness (QED) is 0.251. The first kappa shape index (κ1) is 31.6. The van der Waals surface area contributed by atoms with E-state index in [-0.39, 0.29) is 6.42 Å². The number of aryl methyl sites for hydroxylation is 1. The van der Waals surface area contributed by atoms with Crippen molar-refractivity contribution in [2.24, 2.45) is 0 Å². The zero-order valence-corrected chi connectivity index (χ0v) is 26.2. The Morgan fingerprint density at radius 2 is 1.76 bits per heavy atom. The van der Waals surface area contributed by atoms with Crippen LogP contribution in [0.2, 0.25) is 0 Å². The number of hydrogen-bond donors (Lipinski definition) is 3. The summed E-state index contributed by atoms with van der Waals surface area (Å²) < 4.78 is 0.546. The van der Waals surface area contributed by atoms with Crippen molar-refractivity contribution in [3.05, 3.63) is 106 Å². The first-order valence-electron chi connectivity index (χ1n) is 13.8. The minimum atomic E-state index is -1.44. The summed E-state index contributed by atoms with van der Waals surface area (Å²) in [4.78, 5) is 41.7. The molecule has 1 aliphatic heterocycles. The summed E-state index contributed by atoms with van der Waals surface area (Å²) in [5.74, 6) is -0.0611. The smallest absolute Gasteiger partial charge is 0.315 e. The van der Waals surface area contributed by atoms with Crippen LogP contribution in [-0.4, -0.2) is 69.1 Å². The summed E-state index contributed by atoms with van der Waals surface area (Å²) in [5, 5.41) is 16.9. The number of hydrogen-bond acceptors (Lipinski definition) is 5. The minimum absolute atomic E-state index is 0.285. The van der Waals surface area contributed by atoms with E-state index in [1.807, 2.05) is 92.7 Å². The monoisotopic (exact) mass is 652 g/mol. The first-order valence-corrected chi connectivity index (χ1v) is 15.6. The van der Waals surface area contributed by atoms with E-state index in [0.29, 0.717) is 32.1 Å². The van der Waals surface area contributed by atoms with E-state index in [1.165, 1.54) is 0 Å². The summed E-state index contributed by atoms with van der Waals surface area (Å²) in [5.41, 5.74) is 4.00. The van der Waals surface area contributed by atoms with Crippen molar-refractivity contribution in [2.75, 3.05) is 19.0 Å². The van der Waals surface area contributed by atoms with E-state index in [9.17, 15) is 19.5 Å². The van der Waals surface area contributed by atoms with E-state index in [4.69, 9.17) is 0 Å². The fourth-order valence-corrected chi connectivity index (χ4v) is 6.46. The van der Waals surface area contributed by atoms with Crippen LogP contribution in [0.25, 0.3) is 0 Å². The molecule has 42 heavy (non-hydrogen) atoms. The van der Waals surface area contributed by atoms with Crippen molar-refractivity contribution in [1.82, 2.24) is 20.4 Å². The van der Waals surface area contributed by atoms with Gasteiger partial charge in [-0.1, -0.05) is 82.7 Å². The molecule has 1 heterocycles. The summed E-state index contributed by atoms with van der Waals surface area (Å²) in [6.45, 7) is 5.67. The molecule has 0 bridgehead atoms. The molecule has 1 saturated heterocycles. The maximum absolute atomic E-state index is 13.6. The van der Waals surface area contributed by atoms with Crippen LogP contribution in [0.3, 0.4) is 0 Å². The molecule has 0 radical (unpaired) electrons. The van der Waals surface area contributed by atoms with E-state index < -0.39 is 28.8 Å². The molecule has 8 nitrogen and oxygen atoms in total. The van der Waals surface area contributed by atoms with Gasteiger partial charge in [0.2, 0.25) is 6.41 Å². The van der Waals surface area contributed by atoms with Crippen molar-refractivity contribution in [2.45, 2.75) is 50.3 Å². The second-order valence-electron chi connectivity index (χ2n) is 10.9. The van der Waals surface area contributed by atoms with Gasteiger partial charge in [-0.25, -0.2) is 4.79 Å². The lowest BCUT2D eigenvalue weighted by Gasteiger charge is -2.31. The number of carbonyl (C=O) groups is 3. The molecule has 0 aromatic heterocycles. The normalized spacial score (nSPS) is 17.8. The van der Waals surface area contributed by atoms with Gasteiger partial charge < -0.3 is 25.5 Å². The molecule has 4 rings (SSSR count). The van der Waals surface area contributed by atoms with Crippen molar-refractivity contribution in [3.63, 3.8) is 0 Å². The number of amides is 4. The van der Waals surface area contributed by atoms with Gasteiger partial charge >= 0.3 is 6.03 Å². The van der Waals surface area contributed by atoms with Crippen molar-refractivity contribution < 1.29 is 19.5 Å². The van der Waals surface area contributed by atoms with Crippen LogP contribution in [0, 0.1) is 6.92 Å². The van der Waals surface area contributed by atoms with Crippen LogP contribution < -0.4 is 10.6 Å². The van der Waals surface area contributed by atoms with Crippen LogP contribution in [0.15, 0.2) is 83.3 Å². The summed E-state index contributed by atoms with van der Waals surface area (Å²) in [6.07, 6.45) is -0.308. The number of aliphatic hydroxyl groups is 1. The van der Waals surface area contributed by atoms with E-state index in [2.05, 4.69) is 26.6 Å². The standard InChI is InChI=1S/C32H37BrN4O4S/c1-23-8-6-7-11-26(23)18-36(21-38)19-32(2)20-37(22-42-32)30(40)29(39)28(16-24-9-4-3-5-10-24)35-31(41)34-17-25-12-14-27(33)15-13-25/h3-15,21,28-29,39H,16-20,22H2,1-2H3,(H2,34,35,41). The fourth-order valence-electron chi connectivity index (χ4n) is 5.01. The third-order valence-corrected chi connectivity index (χ3v) is 9.27. The Morgan fingerprint density at radius 1 is 1.07 bits per heavy atom. The predicted octanol–water partition coefficient (Wildman–Crippen LogP) is 4.48. The minimum Gasteiger partial charge on any atom is -0.381 e. The van der Waals surface area contributed by atoms with Gasteiger partial charge in [0.1, 0.15) is 0 Å². The Morgan fingerprint density at radius 3 is 2.45 bits per heavy atom. The van der Waals surface area contributed by atoms with Gasteiger partial charge in [0.25, 0.3) is 5.91 Å². The highest BCUT2D eigenvalue weighted by molar-refractivity contribution is 9.10. The molecule has 3 aromatic rings. The summed E-state index contributed by atoms with van der Waals surface area (Å²) in [7, 11) is 0. The van der Waals surface area contributed by atoms with Gasteiger partial charge in [-0.3, -0.25) is 9.59 Å². The van der Waals surface area contributed by atoms with Gasteiger partial charge in [0.15, 0.2) is 6.10 Å². The number of nitrogens with zero attached hydrogens (tertiary/aromatic N) is 2. The van der Waals surface area contributed by atoms with Crippen molar-refractivity contribution in [1.29, 1.82) is 0 Å². The maximum atomic E-state index is 13.6. The molecule has 4 amide bonds. The number of benzene rings is 3. The number of rotatable bonds is 12. The molecule has 0 saturated carbocycles. The molecule has 3 aromatic carbocycles. The molecule has 10 heteroatoms. The zero-order valence-electron chi connectivity index (χ0n) is 23.8. The summed E-state index contributed by atoms with van der Waals surface area (Å²) in [6, 6.07) is 23.7. The Balaban J connectivity index is 1.39. The van der Waals surface area contributed by atoms with E-state index in [1.54, 1.807) is 21.6 Å². The first-order chi connectivity index (χ1) is 20.2. The number of carbonyl (C=O) groups excluding carboxylic acids is 3. The van der Waals surface area contributed by atoms with Crippen LogP contribution in [0.5, 0.6) is 0 Å². The van der Waals surface area contributed by atoms with Crippen LogP contribution in [-0.2, 0) is 29.1 Å². The second kappa shape index (κ2) is 14.7. The fraction of sp³-hybridized carbons (Fsp3) is 0.344. The average molecular weight is 654 g/mol. The molecule has 0 aliphatic carbocycles. The Bertz CT molecular complexity index is 1360. The van der Waals surface area contributed by atoms with E-state index >= 15 is 0 Å². The second-order valence-corrected chi connectivity index (χ2v) is 13.3. The molecule has 3 N–H and O–H groups in total. The van der Waals surface area contributed by atoms with Gasteiger partial charge in [0.05, 0.1) is 16.7 Å². The number of halogens is 1. The van der Waals surface area contributed by atoms with Crippen LogP contribution >= 0.6 is 27.7 Å². The number of aliphatic hydroxyl groups excluding tert-OH is 1. The van der Waals surface area contributed by atoms with Crippen molar-refractivity contribution in [3.8, 4) is 0 Å². The lowest BCUT2D eigenvalue weighted by Crippen LogP contribution is -2.54. The third kappa shape index (κ3) is 8.83. The highest BCUT2D eigenvalue weighted by atomic mass is 79.9. The SMILES string of the molecule is Cc1ccccc1CN(C=O)CC1(C)CN(C(=O)C(O)C(Cc2ccccc2)NC(=O)NCc2ccc(Br)cc2)CS1. The van der Waals surface area contributed by atoms with Gasteiger partial charge in [0, 0.05) is 30.7 Å². The molecule has 0 spiro atoms. The van der Waals surface area contributed by atoms with Crippen molar-refractivity contribution >= 4 is 46.0 Å². The molecule has 3 unspecified atom stereocenters. The lowest BCUT2D eigenvalue weighted by atomic mass is 10.00. The molecular weight excluding hydrogens is 616 g/mol. The largest absolute Gasteiger partial charge is 0.381 e. The Hall–Kier alpha value is -3.34. The average Bonchev–Trinajstić information content (AvgIpc) is 3.38. The highest BCUT2D eigenvalue weighted by Crippen LogP contribution is 2.35. The Labute approximate surface area is 260 Å². The molecule has 1 fully saturated rings. The van der Waals surface area contributed by atoms with Gasteiger partial charge in [-0.05, 0) is 54.7 Å². The zero-order chi connectivity index (χ0) is 30.1. The van der Waals surface area contributed by atoms with Crippen LogP contribution in [0.4, 0.5) is 4.79 Å². The van der Waals surface area contributed by atoms with Crippen LogP contribution in [0.1, 0.15) is 29.2 Å². The molecule has 3 atom stereocenters. The third-order valence-electron chi connectivity index (χ3n) is 7.34. The molecule has 222 valence electrons. The number of nitrogens with one attached hydrogen (secondary N) is 2. The molecular formula is C32H37BrN4O4S. The van der Waals surface area contributed by atoms with Gasteiger partial charge in [-0.2, -0.15) is 0 Å². The summed E-state index contributed by atoms with van der Waals surface area (Å²) >= 11 is 4.99. The topological polar surface area (TPSA) is 102 Å². The Kier molecular flexibility index (Phi) is 11.1. The lowest BCUT2D eigenvalue weighted by molar-refractivity contribution is -0.140. The maximum Gasteiger partial charge on any atom is 0.315 e.